The number of aromatic hydroxyl groups is 1. The Morgan fingerprint density at radius 1 is 1.21 bits per heavy atom. The summed E-state index contributed by atoms with van der Waals surface area (Å²) in [6, 6.07) is 6.83. The van der Waals surface area contributed by atoms with Crippen LogP contribution in [0.1, 0.15) is 32.3 Å². The Balaban J connectivity index is 2.73. The fraction of sp³-hybridized carbons (Fsp3) is 0.533. The van der Waals surface area contributed by atoms with E-state index in [9.17, 15) is 9.90 Å². The molecule has 2 N–H and O–H groups in total. The summed E-state index contributed by atoms with van der Waals surface area (Å²) in [6.07, 6.45) is 2.08. The third-order valence-electron chi connectivity index (χ3n) is 3.34. The predicted octanol–water partition coefficient (Wildman–Crippen LogP) is 1.94. The van der Waals surface area contributed by atoms with Gasteiger partial charge in [-0.25, -0.2) is 0 Å². The molecule has 0 saturated heterocycles. The van der Waals surface area contributed by atoms with E-state index in [1.807, 2.05) is 13.8 Å². The molecule has 0 radical (unpaired) electrons. The number of hydrogen-bond donors (Lipinski definition) is 2. The first-order valence-corrected chi connectivity index (χ1v) is 6.80. The molecule has 0 spiro atoms. The fourth-order valence-corrected chi connectivity index (χ4v) is 2.24. The Labute approximate surface area is 114 Å². The van der Waals surface area contributed by atoms with Gasteiger partial charge in [0.05, 0.1) is 13.0 Å². The van der Waals surface area contributed by atoms with E-state index in [2.05, 4.69) is 0 Å². The molecule has 4 heteroatoms. The van der Waals surface area contributed by atoms with Gasteiger partial charge in [0.15, 0.2) is 0 Å². The molecule has 1 aromatic rings. The molecule has 1 amide bonds. The van der Waals surface area contributed by atoms with Crippen molar-refractivity contribution in [1.82, 2.24) is 4.90 Å². The molecule has 0 aliphatic carbocycles. The van der Waals surface area contributed by atoms with Crippen LogP contribution in [-0.2, 0) is 11.2 Å². The van der Waals surface area contributed by atoms with Gasteiger partial charge in [-0.2, -0.15) is 0 Å². The Hall–Kier alpha value is -1.55. The second kappa shape index (κ2) is 7.79. The highest BCUT2D eigenvalue weighted by Gasteiger charge is 2.20. The lowest BCUT2D eigenvalue weighted by atomic mass is 10.1. The van der Waals surface area contributed by atoms with Gasteiger partial charge in [0.1, 0.15) is 5.75 Å². The van der Waals surface area contributed by atoms with Crippen LogP contribution in [0, 0.1) is 0 Å². The summed E-state index contributed by atoms with van der Waals surface area (Å²) >= 11 is 0. The Kier molecular flexibility index (Phi) is 6.36. The van der Waals surface area contributed by atoms with E-state index in [0.717, 1.165) is 18.4 Å². The molecule has 0 aliphatic heterocycles. The minimum Gasteiger partial charge on any atom is -0.508 e. The molecule has 0 aliphatic rings. The van der Waals surface area contributed by atoms with Crippen LogP contribution in [-0.4, -0.2) is 40.2 Å². The molecule has 0 aromatic heterocycles. The number of aliphatic hydroxyl groups excluding tert-OH is 1. The first kappa shape index (κ1) is 15.5. The molecule has 1 aromatic carbocycles. The van der Waals surface area contributed by atoms with E-state index in [1.165, 1.54) is 0 Å². The fourth-order valence-electron chi connectivity index (χ4n) is 2.24. The van der Waals surface area contributed by atoms with Gasteiger partial charge in [0.25, 0.3) is 0 Å². The van der Waals surface area contributed by atoms with Crippen molar-refractivity contribution >= 4 is 5.91 Å². The maximum absolute atomic E-state index is 12.3. The van der Waals surface area contributed by atoms with Crippen LogP contribution in [0.15, 0.2) is 24.3 Å². The molecule has 106 valence electrons. The normalized spacial score (nSPS) is 10.7. The molecule has 1 rings (SSSR count). The number of benzene rings is 1. The molecule has 0 saturated carbocycles. The number of aliphatic hydroxyl groups is 1. The average Bonchev–Trinajstić information content (AvgIpc) is 2.41. The summed E-state index contributed by atoms with van der Waals surface area (Å²) in [4.78, 5) is 14.1. The lowest BCUT2D eigenvalue weighted by Gasteiger charge is -2.30. The number of rotatable bonds is 7. The van der Waals surface area contributed by atoms with Crippen LogP contribution in [0.25, 0.3) is 0 Å². The van der Waals surface area contributed by atoms with Gasteiger partial charge in [-0.15, -0.1) is 0 Å². The zero-order valence-corrected chi connectivity index (χ0v) is 11.7. The second-order valence-electron chi connectivity index (χ2n) is 4.62. The van der Waals surface area contributed by atoms with Crippen molar-refractivity contribution in [1.29, 1.82) is 0 Å². The summed E-state index contributed by atoms with van der Waals surface area (Å²) in [5.41, 5.74) is 0.872. The largest absolute Gasteiger partial charge is 0.508 e. The van der Waals surface area contributed by atoms with Crippen molar-refractivity contribution < 1.29 is 15.0 Å². The molecule has 19 heavy (non-hydrogen) atoms. The second-order valence-corrected chi connectivity index (χ2v) is 4.62. The molecule has 0 atom stereocenters. The van der Waals surface area contributed by atoms with Crippen LogP contribution in [0.5, 0.6) is 5.75 Å². The molecule has 4 nitrogen and oxygen atoms in total. The number of carbonyl (C=O) groups is 1. The van der Waals surface area contributed by atoms with Gasteiger partial charge in [-0.1, -0.05) is 26.0 Å². The highest BCUT2D eigenvalue weighted by molar-refractivity contribution is 5.79. The summed E-state index contributed by atoms with van der Waals surface area (Å²) in [6.45, 7) is 4.46. The van der Waals surface area contributed by atoms with Crippen molar-refractivity contribution in [3.63, 3.8) is 0 Å². The van der Waals surface area contributed by atoms with Crippen LogP contribution in [0.2, 0.25) is 0 Å². The third kappa shape index (κ3) is 4.56. The van der Waals surface area contributed by atoms with Crippen molar-refractivity contribution in [3.8, 4) is 5.75 Å². The van der Waals surface area contributed by atoms with Crippen LogP contribution < -0.4 is 0 Å². The maximum atomic E-state index is 12.3. The van der Waals surface area contributed by atoms with Gasteiger partial charge in [-0.05, 0) is 30.5 Å². The van der Waals surface area contributed by atoms with Crippen LogP contribution in [0.3, 0.4) is 0 Å². The number of carbonyl (C=O) groups excluding carboxylic acids is 1. The molecule has 0 unspecified atom stereocenters. The Bertz CT molecular complexity index is 385. The topological polar surface area (TPSA) is 60.8 Å². The predicted molar refractivity (Wildman–Crippen MR) is 75.0 cm³/mol. The highest BCUT2D eigenvalue weighted by Crippen LogP contribution is 2.14. The van der Waals surface area contributed by atoms with Gasteiger partial charge >= 0.3 is 0 Å². The quantitative estimate of drug-likeness (QED) is 0.792. The number of amides is 1. The lowest BCUT2D eigenvalue weighted by Crippen LogP contribution is -2.42. The Morgan fingerprint density at radius 2 is 1.79 bits per heavy atom. The number of phenolic OH excluding ortho intramolecular Hbond substituents is 1. The monoisotopic (exact) mass is 265 g/mol. The van der Waals surface area contributed by atoms with E-state index >= 15 is 0 Å². The molecular weight excluding hydrogens is 242 g/mol. The first-order chi connectivity index (χ1) is 9.12. The minimum atomic E-state index is -0.0161. The number of nitrogens with zero attached hydrogens (tertiary/aromatic N) is 1. The minimum absolute atomic E-state index is 0.0161. The zero-order valence-electron chi connectivity index (χ0n) is 11.7. The summed E-state index contributed by atoms with van der Waals surface area (Å²) < 4.78 is 0. The smallest absolute Gasteiger partial charge is 0.227 e. The molecule has 0 fully saturated rings. The van der Waals surface area contributed by atoms with Gasteiger partial charge in [-0.3, -0.25) is 4.79 Å². The van der Waals surface area contributed by atoms with Crippen molar-refractivity contribution in [2.75, 3.05) is 13.2 Å². The van der Waals surface area contributed by atoms with E-state index in [1.54, 1.807) is 29.2 Å². The van der Waals surface area contributed by atoms with E-state index in [4.69, 9.17) is 5.11 Å². The van der Waals surface area contributed by atoms with Crippen molar-refractivity contribution in [3.05, 3.63) is 29.8 Å². The van der Waals surface area contributed by atoms with E-state index < -0.39 is 0 Å². The summed E-state index contributed by atoms with van der Waals surface area (Å²) in [7, 11) is 0. The number of phenols is 1. The molecule has 0 bridgehead atoms. The highest BCUT2D eigenvalue weighted by atomic mass is 16.3. The third-order valence-corrected chi connectivity index (χ3v) is 3.34. The maximum Gasteiger partial charge on any atom is 0.227 e. The van der Waals surface area contributed by atoms with Crippen LogP contribution >= 0.6 is 0 Å². The molecular formula is C15H23NO3. The van der Waals surface area contributed by atoms with Gasteiger partial charge < -0.3 is 15.1 Å². The first-order valence-electron chi connectivity index (χ1n) is 6.80. The Morgan fingerprint density at radius 3 is 2.26 bits per heavy atom. The SMILES string of the molecule is CCC(CC)N(CCO)C(=O)Cc1ccc(O)cc1. The van der Waals surface area contributed by atoms with Crippen molar-refractivity contribution in [2.45, 2.75) is 39.2 Å². The average molecular weight is 265 g/mol. The van der Waals surface area contributed by atoms with Crippen LogP contribution in [0.4, 0.5) is 0 Å². The van der Waals surface area contributed by atoms with E-state index in [0.29, 0.717) is 13.0 Å². The summed E-state index contributed by atoms with van der Waals surface area (Å²) in [5, 5.41) is 18.3. The van der Waals surface area contributed by atoms with E-state index in [-0.39, 0.29) is 24.3 Å². The zero-order chi connectivity index (χ0) is 14.3. The number of hydrogen-bond acceptors (Lipinski definition) is 3. The van der Waals surface area contributed by atoms with Gasteiger partial charge in [0.2, 0.25) is 5.91 Å². The summed E-state index contributed by atoms with van der Waals surface area (Å²) in [5.74, 6) is 0.219. The lowest BCUT2D eigenvalue weighted by molar-refractivity contribution is -0.133. The van der Waals surface area contributed by atoms with Gasteiger partial charge in [0, 0.05) is 12.6 Å². The molecule has 0 heterocycles. The standard InChI is InChI=1S/C15H23NO3/c1-3-13(4-2)16(9-10-17)15(19)11-12-5-7-14(18)8-6-12/h5-8,13,17-18H,3-4,9-11H2,1-2H3. The van der Waals surface area contributed by atoms with Crippen molar-refractivity contribution in [2.24, 2.45) is 0 Å².